The number of fused-ring (bicyclic) bond motifs is 1. The quantitative estimate of drug-likeness (QED) is 0.579. The van der Waals surface area contributed by atoms with E-state index in [0.717, 1.165) is 28.8 Å². The van der Waals surface area contributed by atoms with Gasteiger partial charge in [-0.3, -0.25) is 0 Å². The van der Waals surface area contributed by atoms with E-state index in [-0.39, 0.29) is 0 Å². The van der Waals surface area contributed by atoms with Crippen LogP contribution in [0.5, 0.6) is 0 Å². The molecule has 2 aromatic carbocycles. The zero-order valence-electron chi connectivity index (χ0n) is 14.9. The van der Waals surface area contributed by atoms with Gasteiger partial charge in [-0.15, -0.1) is 10.2 Å². The number of hydrogen-bond acceptors (Lipinski definition) is 5. The molecule has 1 N–H and O–H groups in total. The molecule has 0 saturated heterocycles. The molecule has 26 heavy (non-hydrogen) atoms. The molecule has 4 rings (SSSR count). The topological polar surface area (TPSA) is 68.8 Å². The van der Waals surface area contributed by atoms with E-state index in [9.17, 15) is 0 Å². The lowest BCUT2D eigenvalue weighted by molar-refractivity contribution is 0.485. The van der Waals surface area contributed by atoms with Crippen LogP contribution in [0.2, 0.25) is 0 Å². The zero-order valence-corrected chi connectivity index (χ0v) is 14.9. The van der Waals surface area contributed by atoms with Crippen LogP contribution in [0.15, 0.2) is 52.9 Å². The lowest BCUT2D eigenvalue weighted by Crippen LogP contribution is -2.13. The minimum Gasteiger partial charge on any atom is -0.419 e. The fourth-order valence-corrected chi connectivity index (χ4v) is 3.05. The van der Waals surface area contributed by atoms with Crippen LogP contribution in [-0.4, -0.2) is 26.8 Å². The number of imidazole rings is 1. The Morgan fingerprint density at radius 1 is 1.04 bits per heavy atom. The molecule has 6 heteroatoms. The van der Waals surface area contributed by atoms with Crippen molar-refractivity contribution in [3.05, 3.63) is 65.8 Å². The molecule has 2 heterocycles. The first-order valence-electron chi connectivity index (χ1n) is 8.79. The molecular formula is C20H21N5O. The molecule has 0 aliphatic carbocycles. The van der Waals surface area contributed by atoms with Crippen LogP contribution in [0.3, 0.4) is 0 Å². The van der Waals surface area contributed by atoms with Gasteiger partial charge in [-0.2, -0.15) is 0 Å². The van der Waals surface area contributed by atoms with Crippen LogP contribution in [0.4, 0.5) is 0 Å². The Labute approximate surface area is 151 Å². The predicted molar refractivity (Wildman–Crippen MR) is 101 cm³/mol. The van der Waals surface area contributed by atoms with E-state index >= 15 is 0 Å². The normalized spacial score (nSPS) is 11.3. The molecule has 0 atom stereocenters. The van der Waals surface area contributed by atoms with Gasteiger partial charge in [0.25, 0.3) is 0 Å². The molecule has 0 bridgehead atoms. The average Bonchev–Trinajstić information content (AvgIpc) is 3.28. The van der Waals surface area contributed by atoms with Crippen molar-refractivity contribution in [3.8, 4) is 11.5 Å². The van der Waals surface area contributed by atoms with Gasteiger partial charge >= 0.3 is 0 Å². The molecule has 6 nitrogen and oxygen atoms in total. The number of aromatic nitrogens is 4. The average molecular weight is 347 g/mol. The summed E-state index contributed by atoms with van der Waals surface area (Å²) in [4.78, 5) is 4.69. The fraction of sp³-hybridized carbons (Fsp3) is 0.250. The second-order valence-electron chi connectivity index (χ2n) is 6.18. The van der Waals surface area contributed by atoms with Crippen LogP contribution >= 0.6 is 0 Å². The van der Waals surface area contributed by atoms with Crippen molar-refractivity contribution in [3.63, 3.8) is 0 Å². The number of benzene rings is 2. The van der Waals surface area contributed by atoms with E-state index in [1.807, 2.05) is 37.4 Å². The van der Waals surface area contributed by atoms with Crippen molar-refractivity contribution in [2.45, 2.75) is 26.4 Å². The van der Waals surface area contributed by atoms with Crippen molar-refractivity contribution in [1.82, 2.24) is 25.1 Å². The molecule has 0 aliphatic rings. The maximum absolute atomic E-state index is 5.91. The molecule has 0 aliphatic heterocycles. The van der Waals surface area contributed by atoms with Crippen LogP contribution < -0.4 is 5.32 Å². The number of nitrogens with zero attached hydrogens (tertiary/aromatic N) is 4. The van der Waals surface area contributed by atoms with Crippen LogP contribution in [0, 0.1) is 0 Å². The van der Waals surface area contributed by atoms with Crippen molar-refractivity contribution in [2.24, 2.45) is 0 Å². The number of rotatable bonds is 6. The molecule has 2 aromatic heterocycles. The van der Waals surface area contributed by atoms with Crippen molar-refractivity contribution in [1.29, 1.82) is 0 Å². The van der Waals surface area contributed by atoms with Crippen molar-refractivity contribution < 1.29 is 4.42 Å². The van der Waals surface area contributed by atoms with Crippen molar-refractivity contribution in [2.75, 3.05) is 7.05 Å². The molecule has 4 aromatic rings. The number of para-hydroxylation sites is 2. The third-order valence-corrected chi connectivity index (χ3v) is 4.44. The highest BCUT2D eigenvalue weighted by Gasteiger charge is 2.14. The summed E-state index contributed by atoms with van der Waals surface area (Å²) in [5.41, 5.74) is 4.25. The zero-order chi connectivity index (χ0) is 17.9. The minimum atomic E-state index is 0.498. The molecule has 0 unspecified atom stereocenters. The minimum absolute atomic E-state index is 0.498. The van der Waals surface area contributed by atoms with Gasteiger partial charge in [-0.1, -0.05) is 31.2 Å². The summed E-state index contributed by atoms with van der Waals surface area (Å²) in [5.74, 6) is 2.06. The Hall–Kier alpha value is -2.99. The van der Waals surface area contributed by atoms with Crippen molar-refractivity contribution >= 4 is 11.0 Å². The molecule has 0 radical (unpaired) electrons. The Morgan fingerprint density at radius 3 is 2.62 bits per heavy atom. The number of nitrogens with one attached hydrogen (secondary N) is 1. The standard InChI is InChI=1S/C20H21N5O/c1-3-14-8-10-15(11-9-14)20-24-23-19(26-20)13-25-17-7-5-4-6-16(17)22-18(25)12-21-2/h4-11,21H,3,12-13H2,1-2H3. The third-order valence-electron chi connectivity index (χ3n) is 4.44. The van der Waals surface area contributed by atoms with Gasteiger partial charge in [0.2, 0.25) is 11.8 Å². The van der Waals surface area contributed by atoms with E-state index in [0.29, 0.717) is 24.9 Å². The Bertz CT molecular complexity index is 1020. The van der Waals surface area contributed by atoms with Crippen LogP contribution in [0.25, 0.3) is 22.5 Å². The summed E-state index contributed by atoms with van der Waals surface area (Å²) >= 11 is 0. The second-order valence-corrected chi connectivity index (χ2v) is 6.18. The lowest BCUT2D eigenvalue weighted by Gasteiger charge is -2.06. The molecule has 0 fully saturated rings. The lowest BCUT2D eigenvalue weighted by atomic mass is 10.1. The first-order valence-corrected chi connectivity index (χ1v) is 8.79. The number of aryl methyl sites for hydroxylation is 1. The molecule has 132 valence electrons. The van der Waals surface area contributed by atoms with Gasteiger partial charge < -0.3 is 14.3 Å². The highest BCUT2D eigenvalue weighted by Crippen LogP contribution is 2.21. The molecule has 0 amide bonds. The van der Waals surface area contributed by atoms with Crippen LogP contribution in [0.1, 0.15) is 24.2 Å². The summed E-state index contributed by atoms with van der Waals surface area (Å²) in [6, 6.07) is 16.3. The maximum Gasteiger partial charge on any atom is 0.247 e. The summed E-state index contributed by atoms with van der Waals surface area (Å²) in [6.45, 7) is 3.31. The second kappa shape index (κ2) is 7.09. The van der Waals surface area contributed by atoms with Gasteiger partial charge in [0.15, 0.2) is 0 Å². The first kappa shape index (κ1) is 16.5. The molecular weight excluding hydrogens is 326 g/mol. The van der Waals surface area contributed by atoms with E-state index in [1.54, 1.807) is 0 Å². The van der Waals surface area contributed by atoms with Crippen LogP contribution in [-0.2, 0) is 19.5 Å². The first-order chi connectivity index (χ1) is 12.8. The van der Waals surface area contributed by atoms with E-state index in [1.165, 1.54) is 5.56 Å². The highest BCUT2D eigenvalue weighted by molar-refractivity contribution is 5.76. The van der Waals surface area contributed by atoms with Gasteiger partial charge in [0.1, 0.15) is 12.4 Å². The monoisotopic (exact) mass is 347 g/mol. The predicted octanol–water partition coefficient (Wildman–Crippen LogP) is 3.42. The fourth-order valence-electron chi connectivity index (χ4n) is 3.05. The van der Waals surface area contributed by atoms with Gasteiger partial charge in [-0.05, 0) is 43.3 Å². The molecule has 0 spiro atoms. The Morgan fingerprint density at radius 2 is 1.85 bits per heavy atom. The van der Waals surface area contributed by atoms with E-state index in [2.05, 4.69) is 45.2 Å². The van der Waals surface area contributed by atoms with E-state index < -0.39 is 0 Å². The Balaban J connectivity index is 1.64. The number of hydrogen-bond donors (Lipinski definition) is 1. The summed E-state index contributed by atoms with van der Waals surface area (Å²) in [5, 5.41) is 11.6. The Kier molecular flexibility index (Phi) is 4.50. The van der Waals surface area contributed by atoms with Gasteiger partial charge in [0, 0.05) is 5.56 Å². The maximum atomic E-state index is 5.91. The summed E-state index contributed by atoms with van der Waals surface area (Å²) in [6.07, 6.45) is 1.01. The smallest absolute Gasteiger partial charge is 0.247 e. The summed E-state index contributed by atoms with van der Waals surface area (Å²) in [7, 11) is 1.91. The molecule has 0 saturated carbocycles. The third kappa shape index (κ3) is 3.11. The SMILES string of the molecule is CCc1ccc(-c2nnc(Cn3c(CNC)nc4ccccc43)o2)cc1. The largest absolute Gasteiger partial charge is 0.419 e. The van der Waals surface area contributed by atoms with Gasteiger partial charge in [-0.25, -0.2) is 4.98 Å². The van der Waals surface area contributed by atoms with E-state index in [4.69, 9.17) is 9.40 Å². The highest BCUT2D eigenvalue weighted by atomic mass is 16.4. The van der Waals surface area contributed by atoms with Gasteiger partial charge in [0.05, 0.1) is 17.6 Å². The summed E-state index contributed by atoms with van der Waals surface area (Å²) < 4.78 is 8.02.